The summed E-state index contributed by atoms with van der Waals surface area (Å²) >= 11 is 3.26. The number of hydrogen-bond acceptors (Lipinski definition) is 3. The van der Waals surface area contributed by atoms with Crippen LogP contribution in [-0.4, -0.2) is 24.7 Å². The highest BCUT2D eigenvalue weighted by Gasteiger charge is 2.16. The number of rotatable bonds is 6. The highest BCUT2D eigenvalue weighted by atomic mass is 79.9. The maximum Gasteiger partial charge on any atom is 0.241 e. The standard InChI is InChI=1S/C14H18BrN3O2S/c1-11-10-12(2)18(17-11)9-5-8-16-21(19,20)14-7-4-3-6-13(14)15/h3-4,6-7,10,16H,5,8-9H2,1-2H3. The summed E-state index contributed by atoms with van der Waals surface area (Å²) in [5.41, 5.74) is 2.06. The van der Waals surface area contributed by atoms with Crippen molar-refractivity contribution in [3.05, 3.63) is 46.2 Å². The maximum absolute atomic E-state index is 12.2. The van der Waals surface area contributed by atoms with Crippen LogP contribution >= 0.6 is 15.9 Å². The SMILES string of the molecule is Cc1cc(C)n(CCCNS(=O)(=O)c2ccccc2Br)n1. The summed E-state index contributed by atoms with van der Waals surface area (Å²) in [6.07, 6.45) is 0.686. The predicted octanol–water partition coefficient (Wildman–Crippen LogP) is 2.63. The lowest BCUT2D eigenvalue weighted by Crippen LogP contribution is -2.26. The third-order valence-corrected chi connectivity index (χ3v) is 5.54. The molecule has 0 aliphatic heterocycles. The summed E-state index contributed by atoms with van der Waals surface area (Å²) in [5, 5.41) is 4.35. The Bertz CT molecular complexity index is 726. The van der Waals surface area contributed by atoms with E-state index in [1.165, 1.54) is 0 Å². The fraction of sp³-hybridized carbons (Fsp3) is 0.357. The molecule has 0 fully saturated rings. The first-order valence-electron chi connectivity index (χ1n) is 6.65. The molecule has 1 N–H and O–H groups in total. The monoisotopic (exact) mass is 371 g/mol. The van der Waals surface area contributed by atoms with Crippen LogP contribution in [0.2, 0.25) is 0 Å². The number of halogens is 1. The molecule has 0 atom stereocenters. The molecule has 0 radical (unpaired) electrons. The molecule has 0 bridgehead atoms. The summed E-state index contributed by atoms with van der Waals surface area (Å²) < 4.78 is 29.4. The number of hydrogen-bond donors (Lipinski definition) is 1. The molecular formula is C14H18BrN3O2S. The number of sulfonamides is 1. The summed E-state index contributed by atoms with van der Waals surface area (Å²) in [6, 6.07) is 8.78. The van der Waals surface area contributed by atoms with Gasteiger partial charge >= 0.3 is 0 Å². The van der Waals surface area contributed by atoms with E-state index in [1.807, 2.05) is 24.6 Å². The van der Waals surface area contributed by atoms with E-state index in [0.29, 0.717) is 24.0 Å². The molecule has 1 aromatic carbocycles. The smallest absolute Gasteiger partial charge is 0.241 e. The Kier molecular flexibility index (Phi) is 5.18. The van der Waals surface area contributed by atoms with E-state index in [0.717, 1.165) is 11.4 Å². The Labute approximate surface area is 133 Å². The van der Waals surface area contributed by atoms with Gasteiger partial charge in [0, 0.05) is 23.3 Å². The van der Waals surface area contributed by atoms with Gasteiger partial charge in [-0.05, 0) is 54.4 Å². The second-order valence-electron chi connectivity index (χ2n) is 4.83. The number of aryl methyl sites for hydroxylation is 3. The van der Waals surface area contributed by atoms with E-state index in [1.54, 1.807) is 24.3 Å². The largest absolute Gasteiger partial charge is 0.270 e. The van der Waals surface area contributed by atoms with E-state index in [4.69, 9.17) is 0 Å². The molecule has 0 saturated carbocycles. The lowest BCUT2D eigenvalue weighted by atomic mass is 10.4. The average Bonchev–Trinajstić information content (AvgIpc) is 2.73. The zero-order valence-electron chi connectivity index (χ0n) is 12.0. The fourth-order valence-corrected chi connectivity index (χ4v) is 4.15. The first kappa shape index (κ1) is 16.2. The van der Waals surface area contributed by atoms with Gasteiger partial charge in [0.2, 0.25) is 10.0 Å². The van der Waals surface area contributed by atoms with Crippen LogP contribution in [0.15, 0.2) is 39.7 Å². The van der Waals surface area contributed by atoms with Crippen LogP contribution in [0.1, 0.15) is 17.8 Å². The molecule has 5 nitrogen and oxygen atoms in total. The second kappa shape index (κ2) is 6.72. The van der Waals surface area contributed by atoms with Crippen molar-refractivity contribution in [2.24, 2.45) is 0 Å². The summed E-state index contributed by atoms with van der Waals surface area (Å²) in [5.74, 6) is 0. The third-order valence-electron chi connectivity index (χ3n) is 3.07. The van der Waals surface area contributed by atoms with Crippen molar-refractivity contribution in [3.63, 3.8) is 0 Å². The normalized spacial score (nSPS) is 11.8. The zero-order valence-corrected chi connectivity index (χ0v) is 14.4. The molecule has 0 aliphatic carbocycles. The van der Waals surface area contributed by atoms with Crippen molar-refractivity contribution in [2.75, 3.05) is 6.54 Å². The number of benzene rings is 1. The molecule has 0 saturated heterocycles. The van der Waals surface area contributed by atoms with Crippen molar-refractivity contribution >= 4 is 26.0 Å². The quantitative estimate of drug-likeness (QED) is 0.793. The molecule has 114 valence electrons. The lowest BCUT2D eigenvalue weighted by molar-refractivity contribution is 0.544. The third kappa shape index (κ3) is 4.15. The Hall–Kier alpha value is -1.18. The lowest BCUT2D eigenvalue weighted by Gasteiger charge is -2.09. The van der Waals surface area contributed by atoms with Crippen LogP contribution in [0.5, 0.6) is 0 Å². The second-order valence-corrected chi connectivity index (χ2v) is 7.42. The molecule has 1 heterocycles. The minimum Gasteiger partial charge on any atom is -0.270 e. The molecule has 0 spiro atoms. The van der Waals surface area contributed by atoms with Crippen LogP contribution < -0.4 is 4.72 Å². The zero-order chi connectivity index (χ0) is 15.5. The van der Waals surface area contributed by atoms with Gasteiger partial charge in [0.1, 0.15) is 0 Å². The fourth-order valence-electron chi connectivity index (χ4n) is 2.08. The van der Waals surface area contributed by atoms with E-state index >= 15 is 0 Å². The van der Waals surface area contributed by atoms with Gasteiger partial charge in [0.05, 0.1) is 10.6 Å². The molecule has 2 rings (SSSR count). The van der Waals surface area contributed by atoms with Gasteiger partial charge in [-0.2, -0.15) is 5.10 Å². The summed E-state index contributed by atoms with van der Waals surface area (Å²) in [6.45, 7) is 5.00. The minimum atomic E-state index is -3.48. The summed E-state index contributed by atoms with van der Waals surface area (Å²) in [7, 11) is -3.48. The molecule has 0 unspecified atom stereocenters. The Morgan fingerprint density at radius 2 is 2.00 bits per heavy atom. The maximum atomic E-state index is 12.2. The van der Waals surface area contributed by atoms with Gasteiger partial charge in [-0.15, -0.1) is 0 Å². The van der Waals surface area contributed by atoms with Gasteiger partial charge in [0.25, 0.3) is 0 Å². The minimum absolute atomic E-state index is 0.260. The highest BCUT2D eigenvalue weighted by molar-refractivity contribution is 9.10. The van der Waals surface area contributed by atoms with Crippen LogP contribution in [-0.2, 0) is 16.6 Å². The Balaban J connectivity index is 1.91. The molecule has 21 heavy (non-hydrogen) atoms. The first-order chi connectivity index (χ1) is 9.90. The number of aromatic nitrogens is 2. The van der Waals surface area contributed by atoms with Gasteiger partial charge in [0.15, 0.2) is 0 Å². The molecule has 0 aliphatic rings. The van der Waals surface area contributed by atoms with Crippen LogP contribution in [0, 0.1) is 13.8 Å². The van der Waals surface area contributed by atoms with E-state index < -0.39 is 10.0 Å². The first-order valence-corrected chi connectivity index (χ1v) is 8.93. The molecule has 0 amide bonds. The van der Waals surface area contributed by atoms with Crippen molar-refractivity contribution in [3.8, 4) is 0 Å². The Morgan fingerprint density at radius 1 is 1.29 bits per heavy atom. The van der Waals surface area contributed by atoms with E-state index in [2.05, 4.69) is 25.8 Å². The van der Waals surface area contributed by atoms with Crippen molar-refractivity contribution < 1.29 is 8.42 Å². The number of nitrogens with zero attached hydrogens (tertiary/aromatic N) is 2. The van der Waals surface area contributed by atoms with Crippen LogP contribution in [0.4, 0.5) is 0 Å². The van der Waals surface area contributed by atoms with Crippen molar-refractivity contribution in [1.29, 1.82) is 0 Å². The van der Waals surface area contributed by atoms with Crippen LogP contribution in [0.3, 0.4) is 0 Å². The molecule has 7 heteroatoms. The van der Waals surface area contributed by atoms with E-state index in [-0.39, 0.29) is 4.90 Å². The van der Waals surface area contributed by atoms with Gasteiger partial charge in [-0.25, -0.2) is 13.1 Å². The van der Waals surface area contributed by atoms with Crippen molar-refractivity contribution in [1.82, 2.24) is 14.5 Å². The van der Waals surface area contributed by atoms with Crippen LogP contribution in [0.25, 0.3) is 0 Å². The van der Waals surface area contributed by atoms with Gasteiger partial charge in [-0.3, -0.25) is 4.68 Å². The molecular weight excluding hydrogens is 354 g/mol. The van der Waals surface area contributed by atoms with E-state index in [9.17, 15) is 8.42 Å². The average molecular weight is 372 g/mol. The van der Waals surface area contributed by atoms with Gasteiger partial charge < -0.3 is 0 Å². The summed E-state index contributed by atoms with van der Waals surface area (Å²) in [4.78, 5) is 0.260. The highest BCUT2D eigenvalue weighted by Crippen LogP contribution is 2.20. The molecule has 2 aromatic rings. The predicted molar refractivity (Wildman–Crippen MR) is 85.6 cm³/mol. The van der Waals surface area contributed by atoms with Crippen molar-refractivity contribution in [2.45, 2.75) is 31.7 Å². The Morgan fingerprint density at radius 3 is 2.62 bits per heavy atom. The topological polar surface area (TPSA) is 64.0 Å². The van der Waals surface area contributed by atoms with Gasteiger partial charge in [-0.1, -0.05) is 12.1 Å². The molecule has 1 aromatic heterocycles. The number of nitrogens with one attached hydrogen (secondary N) is 1.